The fourth-order valence-corrected chi connectivity index (χ4v) is 0.997. The van der Waals surface area contributed by atoms with Gasteiger partial charge >= 0.3 is 0 Å². The van der Waals surface area contributed by atoms with Gasteiger partial charge in [0.2, 0.25) is 0 Å². The number of hydrogen-bond acceptors (Lipinski definition) is 4. The van der Waals surface area contributed by atoms with E-state index in [4.69, 9.17) is 4.74 Å². The van der Waals surface area contributed by atoms with Crippen molar-refractivity contribution in [2.75, 3.05) is 6.61 Å². The van der Waals surface area contributed by atoms with Crippen molar-refractivity contribution in [1.82, 2.24) is 0 Å². The Balaban J connectivity index is 2.85. The zero-order valence-corrected chi connectivity index (χ0v) is 8.94. The summed E-state index contributed by atoms with van der Waals surface area (Å²) < 4.78 is 18.0. The topological polar surface area (TPSA) is 72.6 Å². The lowest BCUT2D eigenvalue weighted by Gasteiger charge is -2.17. The van der Waals surface area contributed by atoms with E-state index in [2.05, 4.69) is 0 Å². The minimum atomic E-state index is -1.08. The van der Waals surface area contributed by atoms with Gasteiger partial charge < -0.3 is 9.84 Å². The number of nitrogens with zero attached hydrogens (tertiary/aromatic N) is 1. The molecule has 0 unspecified atom stereocenters. The molecule has 0 amide bonds. The van der Waals surface area contributed by atoms with E-state index in [-0.39, 0.29) is 18.0 Å². The zero-order chi connectivity index (χ0) is 12.3. The molecule has 0 aliphatic heterocycles. The summed E-state index contributed by atoms with van der Waals surface area (Å²) in [6, 6.07) is 2.94. The van der Waals surface area contributed by atoms with Gasteiger partial charge in [-0.2, -0.15) is 0 Å². The summed E-state index contributed by atoms with van der Waals surface area (Å²) in [6.07, 6.45) is 0. The summed E-state index contributed by atoms with van der Waals surface area (Å²) in [5, 5.41) is 19.8. The summed E-state index contributed by atoms with van der Waals surface area (Å²) in [7, 11) is 0. The van der Waals surface area contributed by atoms with Gasteiger partial charge in [-0.1, -0.05) is 0 Å². The van der Waals surface area contributed by atoms with E-state index >= 15 is 0 Å². The van der Waals surface area contributed by atoms with Crippen molar-refractivity contribution in [2.24, 2.45) is 0 Å². The van der Waals surface area contributed by atoms with Crippen LogP contribution < -0.4 is 4.74 Å². The average Bonchev–Trinajstić information content (AvgIpc) is 2.13. The van der Waals surface area contributed by atoms with Crippen LogP contribution in [0, 0.1) is 15.9 Å². The Bertz CT molecular complexity index is 400. The van der Waals surface area contributed by atoms with Crippen molar-refractivity contribution in [1.29, 1.82) is 0 Å². The normalized spacial score (nSPS) is 11.2. The molecule has 0 atom stereocenters. The predicted molar refractivity (Wildman–Crippen MR) is 54.8 cm³/mol. The number of nitro groups is 1. The first-order valence-corrected chi connectivity index (χ1v) is 4.58. The molecule has 1 N–H and O–H groups in total. The van der Waals surface area contributed by atoms with E-state index in [9.17, 15) is 19.6 Å². The van der Waals surface area contributed by atoms with Crippen molar-refractivity contribution < 1.29 is 19.2 Å². The second-order valence-electron chi connectivity index (χ2n) is 4.00. The Kier molecular flexibility index (Phi) is 3.44. The molecule has 1 rings (SSSR count). The van der Waals surface area contributed by atoms with Gasteiger partial charge in [0.15, 0.2) is 0 Å². The maximum Gasteiger partial charge on any atom is 0.276 e. The molecule has 0 saturated carbocycles. The van der Waals surface area contributed by atoms with Crippen LogP contribution in [0.15, 0.2) is 18.2 Å². The van der Waals surface area contributed by atoms with Crippen LogP contribution in [0.3, 0.4) is 0 Å². The van der Waals surface area contributed by atoms with E-state index in [0.29, 0.717) is 0 Å². The van der Waals surface area contributed by atoms with Gasteiger partial charge in [-0.05, 0) is 13.8 Å². The Hall–Kier alpha value is -1.69. The Morgan fingerprint density at radius 1 is 1.50 bits per heavy atom. The van der Waals surface area contributed by atoms with Crippen LogP contribution in [0.2, 0.25) is 0 Å². The number of non-ortho nitro benzene ring substituents is 1. The predicted octanol–water partition coefficient (Wildman–Crippen LogP) is 1.88. The van der Waals surface area contributed by atoms with E-state index in [1.807, 2.05) is 0 Å². The van der Waals surface area contributed by atoms with Crippen LogP contribution in [0.25, 0.3) is 0 Å². The Labute approximate surface area is 91.6 Å². The van der Waals surface area contributed by atoms with Crippen molar-refractivity contribution in [2.45, 2.75) is 19.4 Å². The highest BCUT2D eigenvalue weighted by Gasteiger charge is 2.15. The highest BCUT2D eigenvalue weighted by Crippen LogP contribution is 2.22. The molecule has 0 spiro atoms. The summed E-state index contributed by atoms with van der Waals surface area (Å²) in [6.45, 7) is 2.95. The number of rotatable bonds is 4. The van der Waals surface area contributed by atoms with E-state index < -0.39 is 16.3 Å². The molecule has 0 fully saturated rings. The number of benzene rings is 1. The molecular weight excluding hydrogens is 217 g/mol. The van der Waals surface area contributed by atoms with Gasteiger partial charge in [-0.25, -0.2) is 4.39 Å². The van der Waals surface area contributed by atoms with Crippen molar-refractivity contribution in [3.05, 3.63) is 34.1 Å². The lowest BCUT2D eigenvalue weighted by atomic mass is 10.2. The molecule has 5 nitrogen and oxygen atoms in total. The monoisotopic (exact) mass is 229 g/mol. The molecule has 0 aliphatic rings. The number of aliphatic hydroxyl groups is 1. The first kappa shape index (κ1) is 12.4. The van der Waals surface area contributed by atoms with Gasteiger partial charge in [0.25, 0.3) is 5.69 Å². The highest BCUT2D eigenvalue weighted by atomic mass is 19.1. The molecular formula is C10H12FNO4. The second kappa shape index (κ2) is 4.44. The Morgan fingerprint density at radius 2 is 2.12 bits per heavy atom. The van der Waals surface area contributed by atoms with Crippen molar-refractivity contribution >= 4 is 5.69 Å². The van der Waals surface area contributed by atoms with Crippen molar-refractivity contribution in [3.63, 3.8) is 0 Å². The maximum absolute atomic E-state index is 13.0. The lowest BCUT2D eigenvalue weighted by molar-refractivity contribution is -0.385. The molecule has 1 aromatic carbocycles. The maximum atomic E-state index is 13.0. The third kappa shape index (κ3) is 3.82. The van der Waals surface area contributed by atoms with E-state index in [1.54, 1.807) is 0 Å². The summed E-state index contributed by atoms with van der Waals surface area (Å²) in [5.41, 5.74) is -1.47. The van der Waals surface area contributed by atoms with Crippen LogP contribution in [0.5, 0.6) is 5.75 Å². The minimum Gasteiger partial charge on any atom is -0.490 e. The fraction of sp³-hybridized carbons (Fsp3) is 0.400. The number of halogens is 1. The molecule has 88 valence electrons. The summed E-state index contributed by atoms with van der Waals surface area (Å²) in [5.74, 6) is -0.728. The number of ether oxygens (including phenoxy) is 1. The van der Waals surface area contributed by atoms with Crippen molar-refractivity contribution in [3.8, 4) is 5.75 Å². The first-order valence-electron chi connectivity index (χ1n) is 4.58. The second-order valence-corrected chi connectivity index (χ2v) is 4.00. The van der Waals surface area contributed by atoms with Crippen LogP contribution in [0.4, 0.5) is 10.1 Å². The highest BCUT2D eigenvalue weighted by molar-refractivity contribution is 5.38. The number of hydrogen-bond donors (Lipinski definition) is 1. The Morgan fingerprint density at radius 3 is 2.62 bits per heavy atom. The summed E-state index contributed by atoms with van der Waals surface area (Å²) in [4.78, 5) is 9.73. The van der Waals surface area contributed by atoms with E-state index in [0.717, 1.165) is 18.2 Å². The largest absolute Gasteiger partial charge is 0.490 e. The van der Waals surface area contributed by atoms with E-state index in [1.165, 1.54) is 13.8 Å². The molecule has 0 saturated heterocycles. The molecule has 0 aliphatic carbocycles. The fourth-order valence-electron chi connectivity index (χ4n) is 0.997. The smallest absolute Gasteiger partial charge is 0.276 e. The van der Waals surface area contributed by atoms with Gasteiger partial charge in [0.1, 0.15) is 18.2 Å². The third-order valence-electron chi connectivity index (χ3n) is 1.66. The van der Waals surface area contributed by atoms with Gasteiger partial charge in [0, 0.05) is 6.07 Å². The van der Waals surface area contributed by atoms with Crippen LogP contribution in [-0.4, -0.2) is 22.2 Å². The quantitative estimate of drug-likeness (QED) is 0.632. The SMILES string of the molecule is CC(C)(O)COc1cc(F)cc([N+](=O)[O-])c1. The first-order chi connectivity index (χ1) is 7.28. The number of nitro benzene ring substituents is 1. The molecule has 0 radical (unpaired) electrons. The molecule has 16 heavy (non-hydrogen) atoms. The molecule has 0 bridgehead atoms. The summed E-state index contributed by atoms with van der Waals surface area (Å²) >= 11 is 0. The third-order valence-corrected chi connectivity index (χ3v) is 1.66. The molecule has 0 heterocycles. The standard InChI is InChI=1S/C10H12FNO4/c1-10(2,13)6-16-9-4-7(11)3-8(5-9)12(14)15/h3-5,13H,6H2,1-2H3. The minimum absolute atomic E-state index is 0.0221. The average molecular weight is 229 g/mol. The van der Waals surface area contributed by atoms with Crippen LogP contribution >= 0.6 is 0 Å². The molecule has 0 aromatic heterocycles. The van der Waals surface area contributed by atoms with Crippen LogP contribution in [-0.2, 0) is 0 Å². The lowest BCUT2D eigenvalue weighted by Crippen LogP contribution is -2.27. The van der Waals surface area contributed by atoms with Gasteiger partial charge in [0.05, 0.1) is 22.7 Å². The molecule has 1 aromatic rings. The zero-order valence-electron chi connectivity index (χ0n) is 8.94. The van der Waals surface area contributed by atoms with Gasteiger partial charge in [-0.3, -0.25) is 10.1 Å². The van der Waals surface area contributed by atoms with Gasteiger partial charge in [-0.15, -0.1) is 0 Å². The van der Waals surface area contributed by atoms with Crippen LogP contribution in [0.1, 0.15) is 13.8 Å². The molecule has 6 heteroatoms.